The number of rotatable bonds is 4. The summed E-state index contributed by atoms with van der Waals surface area (Å²) >= 11 is 0. The minimum atomic E-state index is -0.0606. The van der Waals surface area contributed by atoms with Crippen molar-refractivity contribution in [2.24, 2.45) is 10.7 Å². The van der Waals surface area contributed by atoms with E-state index in [-0.39, 0.29) is 5.41 Å². The van der Waals surface area contributed by atoms with Crippen LogP contribution in [0.3, 0.4) is 0 Å². The summed E-state index contributed by atoms with van der Waals surface area (Å²) in [6.07, 6.45) is 3.74. The highest BCUT2D eigenvalue weighted by Crippen LogP contribution is 2.26. The molecule has 1 fully saturated rings. The van der Waals surface area contributed by atoms with Crippen molar-refractivity contribution >= 4 is 5.96 Å². The molecular formula is C17H27N3O. The Kier molecular flexibility index (Phi) is 5.10. The Morgan fingerprint density at radius 3 is 2.67 bits per heavy atom. The zero-order valence-corrected chi connectivity index (χ0v) is 13.4. The highest BCUT2D eigenvalue weighted by Gasteiger charge is 2.21. The molecule has 1 saturated heterocycles. The fourth-order valence-electron chi connectivity index (χ4n) is 2.64. The van der Waals surface area contributed by atoms with Crippen molar-refractivity contribution in [3.05, 3.63) is 29.8 Å². The van der Waals surface area contributed by atoms with Gasteiger partial charge in [-0.05, 0) is 37.0 Å². The van der Waals surface area contributed by atoms with Crippen LogP contribution in [0.5, 0.6) is 5.75 Å². The predicted octanol–water partition coefficient (Wildman–Crippen LogP) is 2.77. The van der Waals surface area contributed by atoms with E-state index in [1.165, 1.54) is 24.8 Å². The molecule has 0 saturated carbocycles. The van der Waals surface area contributed by atoms with Gasteiger partial charge in [0.1, 0.15) is 5.75 Å². The van der Waals surface area contributed by atoms with E-state index < -0.39 is 0 Å². The van der Waals surface area contributed by atoms with Gasteiger partial charge in [0.15, 0.2) is 5.96 Å². The minimum Gasteiger partial charge on any atom is -0.497 e. The molecule has 21 heavy (non-hydrogen) atoms. The Morgan fingerprint density at radius 2 is 2.00 bits per heavy atom. The molecule has 0 radical (unpaired) electrons. The fraction of sp³-hybridized carbons (Fsp3) is 0.588. The van der Waals surface area contributed by atoms with Gasteiger partial charge < -0.3 is 15.4 Å². The maximum Gasteiger partial charge on any atom is 0.191 e. The first kappa shape index (κ1) is 15.7. The number of methoxy groups -OCH3 is 1. The highest BCUT2D eigenvalue weighted by atomic mass is 16.5. The van der Waals surface area contributed by atoms with E-state index in [1.54, 1.807) is 7.11 Å². The Labute approximate surface area is 128 Å². The quantitative estimate of drug-likeness (QED) is 0.685. The Hall–Kier alpha value is -1.71. The third-order valence-corrected chi connectivity index (χ3v) is 4.17. The van der Waals surface area contributed by atoms with Gasteiger partial charge in [0.05, 0.1) is 13.7 Å². The smallest absolute Gasteiger partial charge is 0.191 e. The average Bonchev–Trinajstić information content (AvgIpc) is 2.53. The molecule has 1 aromatic carbocycles. The van der Waals surface area contributed by atoms with Crippen molar-refractivity contribution in [2.45, 2.75) is 38.5 Å². The number of likely N-dealkylation sites (tertiary alicyclic amines) is 1. The van der Waals surface area contributed by atoms with Crippen LogP contribution < -0.4 is 10.5 Å². The second kappa shape index (κ2) is 6.83. The summed E-state index contributed by atoms with van der Waals surface area (Å²) in [4.78, 5) is 6.83. The van der Waals surface area contributed by atoms with Gasteiger partial charge in [-0.2, -0.15) is 0 Å². The van der Waals surface area contributed by atoms with Crippen LogP contribution in [0.15, 0.2) is 29.3 Å². The third-order valence-electron chi connectivity index (χ3n) is 4.17. The predicted molar refractivity (Wildman–Crippen MR) is 87.9 cm³/mol. The van der Waals surface area contributed by atoms with E-state index in [2.05, 4.69) is 35.9 Å². The molecule has 0 atom stereocenters. The molecule has 1 aliphatic heterocycles. The second-order valence-electron chi connectivity index (χ2n) is 6.34. The second-order valence-corrected chi connectivity index (χ2v) is 6.34. The number of aliphatic imine (C=N–C) groups is 1. The van der Waals surface area contributed by atoms with Crippen molar-refractivity contribution in [3.63, 3.8) is 0 Å². The molecule has 2 rings (SSSR count). The molecule has 1 heterocycles. The number of guanidine groups is 1. The first-order valence-corrected chi connectivity index (χ1v) is 7.72. The maximum absolute atomic E-state index is 6.14. The average molecular weight is 289 g/mol. The Balaban J connectivity index is 2.05. The van der Waals surface area contributed by atoms with Crippen LogP contribution in [0.4, 0.5) is 0 Å². The van der Waals surface area contributed by atoms with E-state index in [0.29, 0.717) is 12.5 Å². The largest absolute Gasteiger partial charge is 0.497 e. The van der Waals surface area contributed by atoms with E-state index in [4.69, 9.17) is 10.5 Å². The summed E-state index contributed by atoms with van der Waals surface area (Å²) in [6.45, 7) is 7.13. The lowest BCUT2D eigenvalue weighted by atomic mass is 9.84. The summed E-state index contributed by atoms with van der Waals surface area (Å²) in [7, 11) is 1.69. The molecule has 0 bridgehead atoms. The van der Waals surface area contributed by atoms with Crippen LogP contribution in [0.25, 0.3) is 0 Å². The zero-order valence-electron chi connectivity index (χ0n) is 13.4. The normalized spacial score (nSPS) is 16.9. The summed E-state index contributed by atoms with van der Waals surface area (Å²) in [5, 5.41) is 0. The van der Waals surface area contributed by atoms with Crippen molar-refractivity contribution in [3.8, 4) is 5.75 Å². The van der Waals surface area contributed by atoms with Crippen LogP contribution in [0.1, 0.15) is 38.7 Å². The first-order chi connectivity index (χ1) is 10.0. The Bertz CT molecular complexity index is 491. The van der Waals surface area contributed by atoms with Crippen molar-refractivity contribution < 1.29 is 4.74 Å². The van der Waals surface area contributed by atoms with Gasteiger partial charge >= 0.3 is 0 Å². The number of nitrogens with two attached hydrogens (primary N) is 1. The van der Waals surface area contributed by atoms with Gasteiger partial charge in [0.2, 0.25) is 0 Å². The number of hydrogen-bond acceptors (Lipinski definition) is 2. The minimum absolute atomic E-state index is 0.0606. The zero-order chi connectivity index (χ0) is 15.3. The number of piperidine rings is 1. The standard InChI is InChI=1S/C17H27N3O/c1-17(2,14-8-7-9-15(12-14)21-3)13-19-16(18)20-10-5-4-6-11-20/h7-9,12H,4-6,10-11,13H2,1-3H3,(H2,18,19). The van der Waals surface area contributed by atoms with E-state index in [1.807, 2.05) is 12.1 Å². The number of benzene rings is 1. The summed E-state index contributed by atoms with van der Waals surface area (Å²) in [6, 6.07) is 8.18. The molecule has 4 nitrogen and oxygen atoms in total. The van der Waals surface area contributed by atoms with Crippen molar-refractivity contribution in [1.82, 2.24) is 4.90 Å². The van der Waals surface area contributed by atoms with Crippen LogP contribution in [0, 0.1) is 0 Å². The molecule has 0 aromatic heterocycles. The lowest BCUT2D eigenvalue weighted by Crippen LogP contribution is -2.41. The molecule has 0 unspecified atom stereocenters. The maximum atomic E-state index is 6.14. The molecule has 2 N–H and O–H groups in total. The molecule has 0 amide bonds. The summed E-state index contributed by atoms with van der Waals surface area (Å²) in [5.74, 6) is 1.57. The van der Waals surface area contributed by atoms with Crippen molar-refractivity contribution in [1.29, 1.82) is 0 Å². The monoisotopic (exact) mass is 289 g/mol. The third kappa shape index (κ3) is 4.13. The van der Waals surface area contributed by atoms with Gasteiger partial charge in [0, 0.05) is 18.5 Å². The van der Waals surface area contributed by atoms with Crippen molar-refractivity contribution in [2.75, 3.05) is 26.7 Å². The van der Waals surface area contributed by atoms with Gasteiger partial charge in [0.25, 0.3) is 0 Å². The SMILES string of the molecule is COc1cccc(C(C)(C)CN=C(N)N2CCCCC2)c1. The Morgan fingerprint density at radius 1 is 1.29 bits per heavy atom. The van der Waals surface area contributed by atoms with Crippen LogP contribution in [-0.2, 0) is 5.41 Å². The van der Waals surface area contributed by atoms with Crippen LogP contribution in [-0.4, -0.2) is 37.6 Å². The van der Waals surface area contributed by atoms with E-state index >= 15 is 0 Å². The highest BCUT2D eigenvalue weighted by molar-refractivity contribution is 5.78. The number of ether oxygens (including phenoxy) is 1. The van der Waals surface area contributed by atoms with Crippen LogP contribution in [0.2, 0.25) is 0 Å². The molecular weight excluding hydrogens is 262 g/mol. The van der Waals surface area contributed by atoms with E-state index in [9.17, 15) is 0 Å². The molecule has 0 spiro atoms. The lowest BCUT2D eigenvalue weighted by molar-refractivity contribution is 0.337. The lowest BCUT2D eigenvalue weighted by Gasteiger charge is -2.29. The first-order valence-electron chi connectivity index (χ1n) is 7.72. The molecule has 0 aliphatic carbocycles. The fourth-order valence-corrected chi connectivity index (χ4v) is 2.64. The van der Waals surface area contributed by atoms with Gasteiger partial charge in [-0.1, -0.05) is 26.0 Å². The summed E-state index contributed by atoms with van der Waals surface area (Å²) < 4.78 is 5.30. The van der Waals surface area contributed by atoms with E-state index in [0.717, 1.165) is 18.8 Å². The van der Waals surface area contributed by atoms with Gasteiger partial charge in [-0.25, -0.2) is 0 Å². The summed E-state index contributed by atoms with van der Waals surface area (Å²) in [5.41, 5.74) is 7.30. The molecule has 1 aromatic rings. The van der Waals surface area contributed by atoms with Gasteiger partial charge in [-0.3, -0.25) is 4.99 Å². The van der Waals surface area contributed by atoms with Gasteiger partial charge in [-0.15, -0.1) is 0 Å². The molecule has 4 heteroatoms. The number of nitrogens with zero attached hydrogens (tertiary/aromatic N) is 2. The topological polar surface area (TPSA) is 50.9 Å². The number of hydrogen-bond donors (Lipinski definition) is 1. The van der Waals surface area contributed by atoms with Crippen LogP contribution >= 0.6 is 0 Å². The molecule has 1 aliphatic rings. The molecule has 116 valence electrons.